The molecule has 1 saturated heterocycles. The summed E-state index contributed by atoms with van der Waals surface area (Å²) in [5.41, 5.74) is 1.07. The highest BCUT2D eigenvalue weighted by molar-refractivity contribution is 7.92. The zero-order valence-electron chi connectivity index (χ0n) is 15.9. The molecule has 2 atom stereocenters. The van der Waals surface area contributed by atoms with E-state index in [-0.39, 0.29) is 10.8 Å². The number of carbonyl (C=O) groups excluding carboxylic acids is 1. The molecular formula is C22H26N2O3S. The first-order chi connectivity index (χ1) is 13.5. The maximum absolute atomic E-state index is 13.1. The van der Waals surface area contributed by atoms with Crippen molar-refractivity contribution in [1.29, 1.82) is 0 Å². The monoisotopic (exact) mass is 398 g/mol. The topological polar surface area (TPSA) is 66.5 Å². The van der Waals surface area contributed by atoms with Gasteiger partial charge in [-0.1, -0.05) is 31.0 Å². The number of carbonyl (C=O) groups is 1. The molecule has 2 fully saturated rings. The number of likely N-dealkylation sites (tertiary alicyclic amines) is 1. The predicted molar refractivity (Wildman–Crippen MR) is 110 cm³/mol. The highest BCUT2D eigenvalue weighted by Crippen LogP contribution is 2.36. The van der Waals surface area contributed by atoms with E-state index in [0.717, 1.165) is 19.4 Å². The number of anilines is 1. The SMILES string of the molecule is O=C(c1ccc(S(=O)(=O)Nc2ccccc2)cc1)N1CCCC2CCCCC21. The minimum atomic E-state index is -3.67. The van der Waals surface area contributed by atoms with Gasteiger partial charge in [0.15, 0.2) is 0 Å². The van der Waals surface area contributed by atoms with Crippen LogP contribution in [0.1, 0.15) is 48.9 Å². The van der Waals surface area contributed by atoms with Crippen LogP contribution in [0.2, 0.25) is 0 Å². The Morgan fingerprint density at radius 1 is 0.893 bits per heavy atom. The largest absolute Gasteiger partial charge is 0.335 e. The molecule has 1 N–H and O–H groups in total. The van der Waals surface area contributed by atoms with Gasteiger partial charge in [0.2, 0.25) is 0 Å². The Labute approximate surface area is 166 Å². The highest BCUT2D eigenvalue weighted by Gasteiger charge is 2.36. The molecule has 28 heavy (non-hydrogen) atoms. The summed E-state index contributed by atoms with van der Waals surface area (Å²) < 4.78 is 27.7. The Hall–Kier alpha value is -2.34. The molecule has 1 saturated carbocycles. The van der Waals surface area contributed by atoms with Crippen LogP contribution in [-0.4, -0.2) is 31.8 Å². The van der Waals surface area contributed by atoms with Crippen LogP contribution >= 0.6 is 0 Å². The molecule has 1 heterocycles. The third-order valence-corrected chi connectivity index (χ3v) is 7.34. The molecule has 5 nitrogen and oxygen atoms in total. The first kappa shape index (κ1) is 19.0. The van der Waals surface area contributed by atoms with Crippen LogP contribution in [-0.2, 0) is 10.0 Å². The summed E-state index contributed by atoms with van der Waals surface area (Å²) in [6.07, 6.45) is 7.04. The number of amides is 1. The molecule has 2 aliphatic rings. The van der Waals surface area contributed by atoms with Crippen molar-refractivity contribution in [2.75, 3.05) is 11.3 Å². The van der Waals surface area contributed by atoms with E-state index in [0.29, 0.717) is 23.2 Å². The predicted octanol–water partition coefficient (Wildman–Crippen LogP) is 4.28. The molecule has 2 unspecified atom stereocenters. The molecule has 6 heteroatoms. The van der Waals surface area contributed by atoms with E-state index in [1.54, 1.807) is 36.4 Å². The number of fused-ring (bicyclic) bond motifs is 1. The minimum Gasteiger partial charge on any atom is -0.335 e. The second-order valence-electron chi connectivity index (χ2n) is 7.75. The summed E-state index contributed by atoms with van der Waals surface area (Å²) in [6, 6.07) is 15.4. The van der Waals surface area contributed by atoms with E-state index < -0.39 is 10.0 Å². The Bertz CT molecular complexity index is 924. The van der Waals surface area contributed by atoms with Gasteiger partial charge in [0.25, 0.3) is 15.9 Å². The number of piperidine rings is 1. The number of benzene rings is 2. The zero-order chi connectivity index (χ0) is 19.6. The van der Waals surface area contributed by atoms with Crippen molar-refractivity contribution in [2.24, 2.45) is 5.92 Å². The van der Waals surface area contributed by atoms with Crippen LogP contribution in [0.5, 0.6) is 0 Å². The third-order valence-electron chi connectivity index (χ3n) is 5.94. The van der Waals surface area contributed by atoms with Crippen molar-refractivity contribution in [3.63, 3.8) is 0 Å². The van der Waals surface area contributed by atoms with Gasteiger partial charge in [-0.05, 0) is 68.0 Å². The summed E-state index contributed by atoms with van der Waals surface area (Å²) in [5.74, 6) is 0.651. The van der Waals surface area contributed by atoms with E-state index in [9.17, 15) is 13.2 Å². The Morgan fingerprint density at radius 3 is 2.32 bits per heavy atom. The normalized spacial score (nSPS) is 22.4. The first-order valence-electron chi connectivity index (χ1n) is 10.0. The van der Waals surface area contributed by atoms with Gasteiger partial charge in [0.05, 0.1) is 4.90 Å². The number of nitrogens with one attached hydrogen (secondary N) is 1. The van der Waals surface area contributed by atoms with Gasteiger partial charge in [0.1, 0.15) is 0 Å². The highest BCUT2D eigenvalue weighted by atomic mass is 32.2. The molecule has 1 amide bonds. The molecule has 0 spiro atoms. The molecule has 1 aliphatic heterocycles. The van der Waals surface area contributed by atoms with E-state index in [2.05, 4.69) is 4.72 Å². The standard InChI is InChI=1S/C22H26N2O3S/c25-22(24-16-6-8-17-7-4-5-11-21(17)24)18-12-14-20(15-13-18)28(26,27)23-19-9-2-1-3-10-19/h1-3,9-10,12-15,17,21,23H,4-8,11,16H2. The fourth-order valence-electron chi connectivity index (χ4n) is 4.54. The molecule has 2 aromatic rings. The fourth-order valence-corrected chi connectivity index (χ4v) is 5.60. The maximum atomic E-state index is 13.1. The maximum Gasteiger partial charge on any atom is 0.261 e. The van der Waals surface area contributed by atoms with Crippen molar-refractivity contribution in [3.8, 4) is 0 Å². The molecule has 4 rings (SSSR count). The Morgan fingerprint density at radius 2 is 1.57 bits per heavy atom. The number of sulfonamides is 1. The average Bonchev–Trinajstić information content (AvgIpc) is 2.73. The van der Waals surface area contributed by atoms with Crippen LogP contribution in [0.4, 0.5) is 5.69 Å². The van der Waals surface area contributed by atoms with Crippen LogP contribution in [0.3, 0.4) is 0 Å². The van der Waals surface area contributed by atoms with Gasteiger partial charge >= 0.3 is 0 Å². The van der Waals surface area contributed by atoms with Gasteiger partial charge in [0, 0.05) is 23.8 Å². The van der Waals surface area contributed by atoms with E-state index in [1.165, 1.54) is 37.8 Å². The van der Waals surface area contributed by atoms with Crippen molar-refractivity contribution < 1.29 is 13.2 Å². The van der Waals surface area contributed by atoms with Gasteiger partial charge in [-0.15, -0.1) is 0 Å². The minimum absolute atomic E-state index is 0.0246. The second-order valence-corrected chi connectivity index (χ2v) is 9.43. The fraction of sp³-hybridized carbons (Fsp3) is 0.409. The second kappa shape index (κ2) is 7.95. The van der Waals surface area contributed by atoms with Crippen molar-refractivity contribution in [1.82, 2.24) is 4.90 Å². The lowest BCUT2D eigenvalue weighted by Crippen LogP contribution is -2.49. The quantitative estimate of drug-likeness (QED) is 0.836. The van der Waals surface area contributed by atoms with Gasteiger partial charge in [-0.2, -0.15) is 0 Å². The van der Waals surface area contributed by atoms with Crippen molar-refractivity contribution in [3.05, 3.63) is 60.2 Å². The summed E-state index contributed by atoms with van der Waals surface area (Å²) in [5, 5.41) is 0. The molecule has 0 aromatic heterocycles. The smallest absolute Gasteiger partial charge is 0.261 e. The average molecular weight is 399 g/mol. The molecule has 1 aliphatic carbocycles. The molecular weight excluding hydrogens is 372 g/mol. The summed E-state index contributed by atoms with van der Waals surface area (Å²) in [6.45, 7) is 0.801. The molecule has 0 bridgehead atoms. The van der Waals surface area contributed by atoms with Crippen molar-refractivity contribution >= 4 is 21.6 Å². The third kappa shape index (κ3) is 3.92. The first-order valence-corrected chi connectivity index (χ1v) is 11.5. The lowest BCUT2D eigenvalue weighted by atomic mass is 9.78. The van der Waals surface area contributed by atoms with Crippen molar-refractivity contribution in [2.45, 2.75) is 49.5 Å². The number of hydrogen-bond acceptors (Lipinski definition) is 3. The Balaban J connectivity index is 1.50. The zero-order valence-corrected chi connectivity index (χ0v) is 16.7. The van der Waals surface area contributed by atoms with E-state index >= 15 is 0 Å². The van der Waals surface area contributed by atoms with Crippen LogP contribution in [0.15, 0.2) is 59.5 Å². The van der Waals surface area contributed by atoms with E-state index in [4.69, 9.17) is 0 Å². The number of para-hydroxylation sites is 1. The van der Waals surface area contributed by atoms with Crippen LogP contribution in [0, 0.1) is 5.92 Å². The summed E-state index contributed by atoms with van der Waals surface area (Å²) in [7, 11) is -3.67. The van der Waals surface area contributed by atoms with Gasteiger partial charge in [-0.3, -0.25) is 9.52 Å². The number of hydrogen-bond donors (Lipinski definition) is 1. The summed E-state index contributed by atoms with van der Waals surface area (Å²) >= 11 is 0. The molecule has 148 valence electrons. The van der Waals surface area contributed by atoms with Crippen LogP contribution < -0.4 is 4.72 Å². The number of rotatable bonds is 4. The number of nitrogens with zero attached hydrogens (tertiary/aromatic N) is 1. The Kier molecular flexibility index (Phi) is 5.40. The molecule has 0 radical (unpaired) electrons. The lowest BCUT2D eigenvalue weighted by molar-refractivity contribution is 0.0390. The van der Waals surface area contributed by atoms with Crippen LogP contribution in [0.25, 0.3) is 0 Å². The van der Waals surface area contributed by atoms with Gasteiger partial charge < -0.3 is 4.90 Å². The lowest BCUT2D eigenvalue weighted by Gasteiger charge is -2.44. The summed E-state index contributed by atoms with van der Waals surface area (Å²) in [4.78, 5) is 15.2. The van der Waals surface area contributed by atoms with Gasteiger partial charge in [-0.25, -0.2) is 8.42 Å². The molecule has 2 aromatic carbocycles. The van der Waals surface area contributed by atoms with E-state index in [1.807, 2.05) is 11.0 Å².